The highest BCUT2D eigenvalue weighted by molar-refractivity contribution is 5.77. The zero-order valence-electron chi connectivity index (χ0n) is 13.8. The first-order valence-electron chi connectivity index (χ1n) is 8.24. The molecule has 0 aliphatic carbocycles. The quantitative estimate of drug-likeness (QED) is 0.613. The Balaban J connectivity index is 1.41. The SMILES string of the molecule is c1cncc(-c2cnn3ccc(NCc4ccc5c(c4)OCO5)nc23)c1. The average molecular weight is 345 g/mol. The van der Waals surface area contributed by atoms with Crippen molar-refractivity contribution < 1.29 is 9.47 Å². The zero-order chi connectivity index (χ0) is 17.3. The highest BCUT2D eigenvalue weighted by Crippen LogP contribution is 2.32. The van der Waals surface area contributed by atoms with Gasteiger partial charge in [0.15, 0.2) is 17.1 Å². The molecule has 0 saturated carbocycles. The minimum absolute atomic E-state index is 0.281. The van der Waals surface area contributed by atoms with Gasteiger partial charge in [-0.25, -0.2) is 9.50 Å². The average Bonchev–Trinajstić information content (AvgIpc) is 3.33. The predicted molar refractivity (Wildman–Crippen MR) is 96.1 cm³/mol. The summed E-state index contributed by atoms with van der Waals surface area (Å²) in [6.07, 6.45) is 7.26. The Morgan fingerprint density at radius 2 is 2.04 bits per heavy atom. The van der Waals surface area contributed by atoms with Crippen molar-refractivity contribution in [1.29, 1.82) is 0 Å². The minimum Gasteiger partial charge on any atom is -0.454 e. The highest BCUT2D eigenvalue weighted by Gasteiger charge is 2.13. The lowest BCUT2D eigenvalue weighted by molar-refractivity contribution is 0.174. The number of fused-ring (bicyclic) bond motifs is 2. The predicted octanol–water partition coefficient (Wildman–Crippen LogP) is 3.13. The van der Waals surface area contributed by atoms with Crippen LogP contribution in [0.1, 0.15) is 5.56 Å². The second-order valence-electron chi connectivity index (χ2n) is 5.92. The Bertz CT molecular complexity index is 1080. The van der Waals surface area contributed by atoms with Gasteiger partial charge >= 0.3 is 0 Å². The van der Waals surface area contributed by atoms with Crippen molar-refractivity contribution in [1.82, 2.24) is 19.6 Å². The van der Waals surface area contributed by atoms with Crippen LogP contribution in [0.2, 0.25) is 0 Å². The fourth-order valence-corrected chi connectivity index (χ4v) is 2.94. The van der Waals surface area contributed by atoms with Gasteiger partial charge in [-0.15, -0.1) is 0 Å². The van der Waals surface area contributed by atoms with Crippen LogP contribution in [0.5, 0.6) is 11.5 Å². The van der Waals surface area contributed by atoms with Gasteiger partial charge in [-0.1, -0.05) is 12.1 Å². The summed E-state index contributed by atoms with van der Waals surface area (Å²) in [4.78, 5) is 8.88. The van der Waals surface area contributed by atoms with Gasteiger partial charge in [0.2, 0.25) is 6.79 Å². The van der Waals surface area contributed by atoms with Gasteiger partial charge in [-0.3, -0.25) is 4.98 Å². The molecule has 3 aromatic heterocycles. The molecule has 4 aromatic rings. The Hall–Kier alpha value is -3.61. The Kier molecular flexibility index (Phi) is 3.41. The number of nitrogens with zero attached hydrogens (tertiary/aromatic N) is 4. The number of hydrogen-bond donors (Lipinski definition) is 1. The van der Waals surface area contributed by atoms with E-state index < -0.39 is 0 Å². The van der Waals surface area contributed by atoms with Crippen LogP contribution in [0, 0.1) is 0 Å². The second-order valence-corrected chi connectivity index (χ2v) is 5.92. The maximum atomic E-state index is 5.42. The van der Waals surface area contributed by atoms with Gasteiger partial charge in [0.1, 0.15) is 5.82 Å². The second kappa shape index (κ2) is 6.03. The number of anilines is 1. The number of benzene rings is 1. The largest absolute Gasteiger partial charge is 0.454 e. The fraction of sp³-hybridized carbons (Fsp3) is 0.105. The van der Waals surface area contributed by atoms with Crippen molar-refractivity contribution in [2.45, 2.75) is 6.54 Å². The van der Waals surface area contributed by atoms with E-state index in [1.807, 2.05) is 48.8 Å². The van der Waals surface area contributed by atoms with Gasteiger partial charge in [0.05, 0.1) is 6.20 Å². The number of pyridine rings is 1. The van der Waals surface area contributed by atoms with Crippen LogP contribution in [0.4, 0.5) is 5.82 Å². The molecular formula is C19H15N5O2. The van der Waals surface area contributed by atoms with Crippen molar-refractivity contribution in [3.8, 4) is 22.6 Å². The van der Waals surface area contributed by atoms with E-state index in [9.17, 15) is 0 Å². The normalized spacial score (nSPS) is 12.5. The molecule has 0 amide bonds. The maximum absolute atomic E-state index is 5.42. The molecule has 0 spiro atoms. The van der Waals surface area contributed by atoms with E-state index in [0.717, 1.165) is 39.7 Å². The van der Waals surface area contributed by atoms with E-state index in [0.29, 0.717) is 6.54 Å². The number of nitrogens with one attached hydrogen (secondary N) is 1. The first kappa shape index (κ1) is 14.7. The molecule has 0 saturated heterocycles. The van der Waals surface area contributed by atoms with E-state index in [2.05, 4.69) is 15.4 Å². The molecule has 5 rings (SSSR count). The summed E-state index contributed by atoms with van der Waals surface area (Å²) in [5.41, 5.74) is 3.82. The van der Waals surface area contributed by atoms with E-state index >= 15 is 0 Å². The molecule has 0 fully saturated rings. The van der Waals surface area contributed by atoms with Gasteiger partial charge in [-0.2, -0.15) is 5.10 Å². The van der Waals surface area contributed by atoms with Crippen LogP contribution in [-0.2, 0) is 6.54 Å². The molecular weight excluding hydrogens is 330 g/mol. The summed E-state index contributed by atoms with van der Waals surface area (Å²) in [6, 6.07) is 11.7. The monoisotopic (exact) mass is 345 g/mol. The smallest absolute Gasteiger partial charge is 0.231 e. The van der Waals surface area contributed by atoms with E-state index in [1.165, 1.54) is 0 Å². The standard InChI is InChI=1S/C19H15N5O2/c1-2-14(10-20-6-1)15-11-22-24-7-5-18(23-19(15)24)21-9-13-3-4-16-17(8-13)26-12-25-16/h1-8,10-11H,9,12H2,(H,21,23). The fourth-order valence-electron chi connectivity index (χ4n) is 2.94. The van der Waals surface area contributed by atoms with Gasteiger partial charge < -0.3 is 14.8 Å². The number of aromatic nitrogens is 4. The maximum Gasteiger partial charge on any atom is 0.231 e. The summed E-state index contributed by atoms with van der Waals surface area (Å²) in [6.45, 7) is 0.916. The molecule has 0 atom stereocenters. The van der Waals surface area contributed by atoms with Gasteiger partial charge in [0.25, 0.3) is 0 Å². The Labute approximate surface area is 149 Å². The lowest BCUT2D eigenvalue weighted by Gasteiger charge is -2.07. The molecule has 0 radical (unpaired) electrons. The molecule has 0 unspecified atom stereocenters. The minimum atomic E-state index is 0.281. The lowest BCUT2D eigenvalue weighted by atomic mass is 10.1. The Morgan fingerprint density at radius 1 is 1.08 bits per heavy atom. The topological polar surface area (TPSA) is 73.6 Å². The van der Waals surface area contributed by atoms with Crippen molar-refractivity contribution in [3.63, 3.8) is 0 Å². The number of hydrogen-bond acceptors (Lipinski definition) is 6. The molecule has 7 heteroatoms. The molecule has 1 aromatic carbocycles. The first-order chi connectivity index (χ1) is 12.9. The molecule has 0 bridgehead atoms. The van der Waals surface area contributed by atoms with Crippen LogP contribution in [0.15, 0.2) is 61.2 Å². The van der Waals surface area contributed by atoms with E-state index in [1.54, 1.807) is 16.9 Å². The third kappa shape index (κ3) is 2.59. The van der Waals surface area contributed by atoms with Crippen molar-refractivity contribution in [2.24, 2.45) is 0 Å². The van der Waals surface area contributed by atoms with Crippen molar-refractivity contribution >= 4 is 11.5 Å². The molecule has 1 aliphatic heterocycles. The molecule has 1 N–H and O–H groups in total. The van der Waals surface area contributed by atoms with E-state index in [4.69, 9.17) is 14.5 Å². The van der Waals surface area contributed by atoms with Crippen LogP contribution < -0.4 is 14.8 Å². The van der Waals surface area contributed by atoms with Gasteiger partial charge in [0, 0.05) is 36.3 Å². The van der Waals surface area contributed by atoms with Crippen molar-refractivity contribution in [2.75, 3.05) is 12.1 Å². The zero-order valence-corrected chi connectivity index (χ0v) is 13.8. The molecule has 128 valence electrons. The summed E-state index contributed by atoms with van der Waals surface area (Å²) in [5, 5.41) is 7.71. The molecule has 1 aliphatic rings. The molecule has 26 heavy (non-hydrogen) atoms. The van der Waals surface area contributed by atoms with Crippen LogP contribution in [0.25, 0.3) is 16.8 Å². The van der Waals surface area contributed by atoms with Crippen LogP contribution >= 0.6 is 0 Å². The number of rotatable bonds is 4. The van der Waals surface area contributed by atoms with Crippen LogP contribution in [-0.4, -0.2) is 26.4 Å². The third-order valence-corrected chi connectivity index (χ3v) is 4.25. The van der Waals surface area contributed by atoms with E-state index in [-0.39, 0.29) is 6.79 Å². The lowest BCUT2D eigenvalue weighted by Crippen LogP contribution is -2.03. The number of ether oxygens (including phenoxy) is 2. The Morgan fingerprint density at radius 3 is 2.96 bits per heavy atom. The molecule has 7 nitrogen and oxygen atoms in total. The highest BCUT2D eigenvalue weighted by atomic mass is 16.7. The summed E-state index contributed by atoms with van der Waals surface area (Å²) in [7, 11) is 0. The van der Waals surface area contributed by atoms with Crippen LogP contribution in [0.3, 0.4) is 0 Å². The van der Waals surface area contributed by atoms with Crippen molar-refractivity contribution in [3.05, 3.63) is 66.7 Å². The van der Waals surface area contributed by atoms with Gasteiger partial charge in [-0.05, 0) is 29.8 Å². The summed E-state index contributed by atoms with van der Waals surface area (Å²) >= 11 is 0. The molecule has 4 heterocycles. The third-order valence-electron chi connectivity index (χ3n) is 4.25. The first-order valence-corrected chi connectivity index (χ1v) is 8.24. The summed E-state index contributed by atoms with van der Waals surface area (Å²) in [5.74, 6) is 2.34. The summed E-state index contributed by atoms with van der Waals surface area (Å²) < 4.78 is 12.5.